The van der Waals surface area contributed by atoms with E-state index < -0.39 is 0 Å². The molecule has 0 rings (SSSR count). The predicted octanol–water partition coefficient (Wildman–Crippen LogP) is -5.78. The van der Waals surface area contributed by atoms with Gasteiger partial charge in [0.2, 0.25) is 0 Å². The Morgan fingerprint density at radius 2 is 1.14 bits per heavy atom. The van der Waals surface area contributed by atoms with E-state index in [9.17, 15) is 4.79 Å². The maximum absolute atomic E-state index is 9.44. The van der Waals surface area contributed by atoms with Gasteiger partial charge in [-0.15, -0.1) is 0 Å². The molecule has 0 heterocycles. The van der Waals surface area contributed by atoms with Crippen LogP contribution < -0.4 is 24.8 Å². The molecule has 0 unspecified atom stereocenters. The summed E-state index contributed by atoms with van der Waals surface area (Å²) in [5.41, 5.74) is 0. The van der Waals surface area contributed by atoms with Gasteiger partial charge in [-0.3, -0.25) is 0 Å². The van der Waals surface area contributed by atoms with Gasteiger partial charge < -0.3 is 29.6 Å². The summed E-state index contributed by atoms with van der Waals surface area (Å²) in [6, 6.07) is 0. The molecule has 0 spiro atoms. The van der Waals surface area contributed by atoms with Crippen LogP contribution in [0.2, 0.25) is 0 Å². The Bertz CT molecular complexity index is 35.9. The monoisotopic (exact) mass is 266 g/mol. The minimum Gasteiger partial charge on any atom is -1.00 e. The summed E-state index contributed by atoms with van der Waals surface area (Å²) in [5, 5.41) is 0. The maximum atomic E-state index is 9.44. The van der Waals surface area contributed by atoms with Crippen molar-refractivity contribution in [3.63, 3.8) is 0 Å². The van der Waals surface area contributed by atoms with Gasteiger partial charge in [0, 0.05) is 0 Å². The van der Waals surface area contributed by atoms with Gasteiger partial charge >= 0.3 is 48.9 Å². The second-order valence-corrected chi connectivity index (χ2v) is 0.908. The van der Waals surface area contributed by atoms with Crippen LogP contribution in [-0.4, -0.2) is 54.7 Å². The van der Waals surface area contributed by atoms with Crippen molar-refractivity contribution in [2.75, 3.05) is 0 Å². The van der Waals surface area contributed by atoms with Crippen LogP contribution in [0.3, 0.4) is 0 Å². The van der Waals surface area contributed by atoms with Crippen LogP contribution in [0.4, 0.5) is 0 Å². The Labute approximate surface area is 96.5 Å². The molecule has 0 aromatic heterocycles. The van der Waals surface area contributed by atoms with Crippen molar-refractivity contribution in [3.8, 4) is 0 Å². The molecule has 0 radical (unpaired) electrons. The van der Waals surface area contributed by atoms with Crippen molar-refractivity contribution < 1.29 is 29.6 Å². The zero-order valence-corrected chi connectivity index (χ0v) is 10.3. The van der Waals surface area contributed by atoms with Crippen molar-refractivity contribution in [2.24, 2.45) is 0 Å². The molecule has 0 aliphatic rings. The molecule has 0 saturated carbocycles. The van der Waals surface area contributed by atoms with Crippen molar-refractivity contribution in [1.82, 2.24) is 0 Å². The van der Waals surface area contributed by atoms with Crippen LogP contribution in [-0.2, 0) is 4.79 Å². The van der Waals surface area contributed by atoms with E-state index in [4.69, 9.17) is 0 Å². The Kier molecular flexibility index (Phi) is 51.9. The molecule has 0 aliphatic heterocycles. The van der Waals surface area contributed by atoms with Crippen molar-refractivity contribution in [2.45, 2.75) is 13.8 Å². The Morgan fingerprint density at radius 1 is 1.14 bits per heavy atom. The fourth-order valence-corrected chi connectivity index (χ4v) is 0. The third-order valence-electron chi connectivity index (χ3n) is 0. The molecule has 7 heavy (non-hydrogen) atoms. The molecule has 0 aliphatic carbocycles. The van der Waals surface area contributed by atoms with Crippen LogP contribution in [0.1, 0.15) is 13.8 Å². The normalized spacial score (nSPS) is 3.71. The summed E-state index contributed by atoms with van der Waals surface area (Å²) in [6.45, 7) is 3.06. The summed E-state index contributed by atoms with van der Waals surface area (Å²) in [5.74, 6) is 0.167. The van der Waals surface area contributed by atoms with Crippen LogP contribution in [0.5, 0.6) is 0 Å². The molecule has 0 aromatic carbocycles. The Balaban J connectivity index is -0.0000000150. The van der Waals surface area contributed by atoms with E-state index >= 15 is 0 Å². The summed E-state index contributed by atoms with van der Waals surface area (Å²) < 4.78 is 0. The van der Waals surface area contributed by atoms with Gasteiger partial charge in [-0.25, -0.2) is 0 Å². The minimum absolute atomic E-state index is 0. The number of halogens is 2. The van der Waals surface area contributed by atoms with E-state index in [1.165, 1.54) is 13.8 Å². The van der Waals surface area contributed by atoms with Gasteiger partial charge in [-0.2, -0.15) is 0 Å². The molecule has 1 nitrogen and oxygen atoms in total. The molecular formula is C3H6BaCl2O. The zero-order chi connectivity index (χ0) is 3.58. The Hall–Kier alpha value is 1.82. The van der Waals surface area contributed by atoms with Crippen LogP contribution in [0, 0.1) is 0 Å². The second-order valence-electron chi connectivity index (χ2n) is 0.908. The van der Waals surface area contributed by atoms with Crippen LogP contribution in [0.15, 0.2) is 0 Å². The number of hydrogen-bond acceptors (Lipinski definition) is 1. The van der Waals surface area contributed by atoms with Crippen LogP contribution in [0.25, 0.3) is 0 Å². The van der Waals surface area contributed by atoms with E-state index in [1.807, 2.05) is 0 Å². The molecule has 4 heteroatoms. The Morgan fingerprint density at radius 3 is 1.14 bits per heavy atom. The first-order valence-corrected chi connectivity index (χ1v) is 1.20. The number of Topliss-reactive ketones (excluding diaryl/α,β-unsaturated/α-hetero) is 1. The van der Waals surface area contributed by atoms with Gasteiger partial charge in [0.1, 0.15) is 5.78 Å². The zero-order valence-electron chi connectivity index (χ0n) is 4.37. The first-order chi connectivity index (χ1) is 1.73. The molecular weight excluding hydrogens is 260 g/mol. The van der Waals surface area contributed by atoms with Gasteiger partial charge in [0.05, 0.1) is 0 Å². The predicted molar refractivity (Wildman–Crippen MR) is 22.1 cm³/mol. The molecule has 40 valence electrons. The van der Waals surface area contributed by atoms with E-state index in [0.29, 0.717) is 0 Å². The van der Waals surface area contributed by atoms with E-state index in [-0.39, 0.29) is 79.5 Å². The van der Waals surface area contributed by atoms with Crippen molar-refractivity contribution >= 4 is 54.7 Å². The topological polar surface area (TPSA) is 17.1 Å². The van der Waals surface area contributed by atoms with Gasteiger partial charge in [-0.1, -0.05) is 0 Å². The quantitative estimate of drug-likeness (QED) is 0.399. The van der Waals surface area contributed by atoms with Crippen LogP contribution >= 0.6 is 0 Å². The largest absolute Gasteiger partial charge is 2.00 e. The standard InChI is InChI=1S/C3H6O.Ba.2ClH/c1-3(2)4;;;/h1-2H3;;2*1H/q;+2;;/p-2. The number of carbonyl (C=O) groups excluding carboxylic acids is 1. The van der Waals surface area contributed by atoms with Gasteiger partial charge in [0.25, 0.3) is 0 Å². The van der Waals surface area contributed by atoms with E-state index in [0.717, 1.165) is 0 Å². The molecule has 0 aromatic rings. The van der Waals surface area contributed by atoms with Gasteiger partial charge in [-0.05, 0) is 13.8 Å². The smallest absolute Gasteiger partial charge is 1.00 e. The number of rotatable bonds is 0. The summed E-state index contributed by atoms with van der Waals surface area (Å²) in [6.07, 6.45) is 0. The molecule has 0 amide bonds. The summed E-state index contributed by atoms with van der Waals surface area (Å²) in [7, 11) is 0. The average molecular weight is 266 g/mol. The van der Waals surface area contributed by atoms with Gasteiger partial charge in [0.15, 0.2) is 0 Å². The SMILES string of the molecule is CC(C)=O.[Ba+2].[Cl-].[Cl-]. The first-order valence-electron chi connectivity index (χ1n) is 1.20. The van der Waals surface area contributed by atoms with Crippen molar-refractivity contribution in [1.29, 1.82) is 0 Å². The molecule has 0 saturated heterocycles. The first kappa shape index (κ1) is 23.2. The fraction of sp³-hybridized carbons (Fsp3) is 0.667. The average Bonchev–Trinajstić information content (AvgIpc) is 0.811. The number of hydrogen-bond donors (Lipinski definition) is 0. The summed E-state index contributed by atoms with van der Waals surface area (Å²) >= 11 is 0. The van der Waals surface area contributed by atoms with E-state index in [2.05, 4.69) is 0 Å². The second kappa shape index (κ2) is 15.7. The fourth-order valence-electron chi connectivity index (χ4n) is 0. The number of carbonyl (C=O) groups is 1. The maximum Gasteiger partial charge on any atom is 2.00 e. The molecule has 0 atom stereocenters. The third-order valence-corrected chi connectivity index (χ3v) is 0. The number of ketones is 1. The minimum atomic E-state index is 0. The molecule has 0 N–H and O–H groups in total. The summed E-state index contributed by atoms with van der Waals surface area (Å²) in [4.78, 5) is 9.44. The molecule has 0 bridgehead atoms. The molecule has 0 fully saturated rings. The van der Waals surface area contributed by atoms with Crippen molar-refractivity contribution in [3.05, 3.63) is 0 Å². The third kappa shape index (κ3) is 79.9. The van der Waals surface area contributed by atoms with E-state index in [1.54, 1.807) is 0 Å².